The zero-order valence-electron chi connectivity index (χ0n) is 9.77. The van der Waals surface area contributed by atoms with Crippen LogP contribution in [0.2, 0.25) is 0 Å². The number of ketones is 1. The van der Waals surface area contributed by atoms with Gasteiger partial charge in [0.15, 0.2) is 5.78 Å². The van der Waals surface area contributed by atoms with E-state index in [0.29, 0.717) is 19.4 Å². The molecule has 0 radical (unpaired) electrons. The normalized spacial score (nSPS) is 15.2. The minimum atomic E-state index is -0.698. The molecule has 0 saturated heterocycles. The number of methoxy groups -OCH3 is 1. The summed E-state index contributed by atoms with van der Waals surface area (Å²) >= 11 is 0. The van der Waals surface area contributed by atoms with E-state index < -0.39 is 5.97 Å². The standard InChI is InChI=1S/C12H15NO4/c1-3-4-5-11(15)13-7-6-10(14)9(8-13)12(16)17-2/h3,8H,1,4-7H2,2H3. The molecule has 0 aromatic heterocycles. The van der Waals surface area contributed by atoms with Crippen LogP contribution in [0.3, 0.4) is 0 Å². The van der Waals surface area contributed by atoms with Gasteiger partial charge in [-0.2, -0.15) is 0 Å². The zero-order valence-corrected chi connectivity index (χ0v) is 9.77. The van der Waals surface area contributed by atoms with Crippen LogP contribution in [0.1, 0.15) is 19.3 Å². The molecule has 1 amide bonds. The van der Waals surface area contributed by atoms with Gasteiger partial charge in [-0.25, -0.2) is 4.79 Å². The van der Waals surface area contributed by atoms with E-state index in [4.69, 9.17) is 0 Å². The quantitative estimate of drug-likeness (QED) is 0.412. The zero-order chi connectivity index (χ0) is 12.8. The fourth-order valence-corrected chi connectivity index (χ4v) is 1.49. The molecule has 0 saturated carbocycles. The molecule has 5 heteroatoms. The third kappa shape index (κ3) is 3.27. The van der Waals surface area contributed by atoms with Crippen molar-refractivity contribution in [2.24, 2.45) is 0 Å². The molecule has 1 rings (SSSR count). The van der Waals surface area contributed by atoms with Crippen molar-refractivity contribution in [1.29, 1.82) is 0 Å². The predicted molar refractivity (Wildman–Crippen MR) is 60.9 cm³/mol. The molecule has 1 heterocycles. The van der Waals surface area contributed by atoms with Gasteiger partial charge in [0.05, 0.1) is 7.11 Å². The molecular weight excluding hydrogens is 222 g/mol. The highest BCUT2D eigenvalue weighted by Crippen LogP contribution is 2.14. The van der Waals surface area contributed by atoms with Crippen molar-refractivity contribution in [3.8, 4) is 0 Å². The SMILES string of the molecule is C=CCCC(=O)N1C=C(C(=O)OC)C(=O)CC1. The Morgan fingerprint density at radius 3 is 2.88 bits per heavy atom. The summed E-state index contributed by atoms with van der Waals surface area (Å²) in [5.74, 6) is -1.11. The van der Waals surface area contributed by atoms with Crippen molar-refractivity contribution < 1.29 is 19.1 Å². The Morgan fingerprint density at radius 2 is 2.29 bits per heavy atom. The van der Waals surface area contributed by atoms with Crippen LogP contribution in [-0.4, -0.2) is 36.2 Å². The summed E-state index contributed by atoms with van der Waals surface area (Å²) in [7, 11) is 1.20. The van der Waals surface area contributed by atoms with Gasteiger partial charge < -0.3 is 9.64 Å². The number of carbonyl (C=O) groups is 3. The first-order chi connectivity index (χ1) is 8.10. The molecule has 0 atom stereocenters. The number of Topliss-reactive ketones (excluding diaryl/α,β-unsaturated/α-hetero) is 1. The van der Waals surface area contributed by atoms with Gasteiger partial charge in [0.1, 0.15) is 5.57 Å². The molecule has 0 spiro atoms. The number of hydrogen-bond acceptors (Lipinski definition) is 4. The molecule has 1 aliphatic heterocycles. The molecule has 0 aromatic rings. The van der Waals surface area contributed by atoms with Crippen LogP contribution < -0.4 is 0 Å². The van der Waals surface area contributed by atoms with E-state index in [0.717, 1.165) is 0 Å². The van der Waals surface area contributed by atoms with Gasteiger partial charge in [0.2, 0.25) is 5.91 Å². The summed E-state index contributed by atoms with van der Waals surface area (Å²) < 4.78 is 4.49. The van der Waals surface area contributed by atoms with E-state index >= 15 is 0 Å². The van der Waals surface area contributed by atoms with Crippen molar-refractivity contribution in [3.63, 3.8) is 0 Å². The van der Waals surface area contributed by atoms with Gasteiger partial charge >= 0.3 is 5.97 Å². The topological polar surface area (TPSA) is 63.7 Å². The molecule has 5 nitrogen and oxygen atoms in total. The van der Waals surface area contributed by atoms with Crippen LogP contribution in [0.15, 0.2) is 24.4 Å². The van der Waals surface area contributed by atoms with Crippen molar-refractivity contribution in [2.75, 3.05) is 13.7 Å². The lowest BCUT2D eigenvalue weighted by molar-refractivity contribution is -0.138. The lowest BCUT2D eigenvalue weighted by Gasteiger charge is -2.23. The number of allylic oxidation sites excluding steroid dienone is 1. The maximum absolute atomic E-state index is 11.7. The lowest BCUT2D eigenvalue weighted by atomic mass is 10.1. The third-order valence-electron chi connectivity index (χ3n) is 2.45. The van der Waals surface area contributed by atoms with Crippen LogP contribution in [-0.2, 0) is 19.1 Å². The summed E-state index contributed by atoms with van der Waals surface area (Å²) in [5, 5.41) is 0. The fourth-order valence-electron chi connectivity index (χ4n) is 1.49. The molecule has 0 aromatic carbocycles. The Bertz CT molecular complexity index is 384. The largest absolute Gasteiger partial charge is 0.465 e. The Morgan fingerprint density at radius 1 is 1.59 bits per heavy atom. The van der Waals surface area contributed by atoms with Crippen LogP contribution in [0.25, 0.3) is 0 Å². The Hall–Kier alpha value is -1.91. The minimum Gasteiger partial charge on any atom is -0.465 e. The van der Waals surface area contributed by atoms with Gasteiger partial charge in [-0.1, -0.05) is 6.08 Å². The number of carbonyl (C=O) groups excluding carboxylic acids is 3. The van der Waals surface area contributed by atoms with E-state index in [1.54, 1.807) is 6.08 Å². The number of rotatable bonds is 4. The molecule has 92 valence electrons. The van der Waals surface area contributed by atoms with Crippen molar-refractivity contribution in [3.05, 3.63) is 24.4 Å². The summed E-state index contributed by atoms with van der Waals surface area (Å²) in [6.45, 7) is 3.85. The highest BCUT2D eigenvalue weighted by atomic mass is 16.5. The monoisotopic (exact) mass is 237 g/mol. The van der Waals surface area contributed by atoms with E-state index in [1.807, 2.05) is 0 Å². The molecule has 0 unspecified atom stereocenters. The number of amides is 1. The molecule has 0 bridgehead atoms. The van der Waals surface area contributed by atoms with Crippen LogP contribution in [0, 0.1) is 0 Å². The average molecular weight is 237 g/mol. The second kappa shape index (κ2) is 5.98. The summed E-state index contributed by atoms with van der Waals surface area (Å²) in [6, 6.07) is 0. The number of nitrogens with zero attached hydrogens (tertiary/aromatic N) is 1. The summed E-state index contributed by atoms with van der Waals surface area (Å²) in [4.78, 5) is 35.8. The average Bonchev–Trinajstić information content (AvgIpc) is 2.35. The second-order valence-corrected chi connectivity index (χ2v) is 3.62. The molecule has 0 aliphatic carbocycles. The van der Waals surface area contributed by atoms with E-state index in [9.17, 15) is 14.4 Å². The van der Waals surface area contributed by atoms with E-state index in [2.05, 4.69) is 11.3 Å². The van der Waals surface area contributed by atoms with Gasteiger partial charge in [0, 0.05) is 25.6 Å². The first-order valence-corrected chi connectivity index (χ1v) is 5.34. The molecular formula is C12H15NO4. The first-order valence-electron chi connectivity index (χ1n) is 5.34. The van der Waals surface area contributed by atoms with Crippen LogP contribution in [0.5, 0.6) is 0 Å². The highest BCUT2D eigenvalue weighted by molar-refractivity contribution is 6.18. The fraction of sp³-hybridized carbons (Fsp3) is 0.417. The van der Waals surface area contributed by atoms with Gasteiger partial charge in [-0.3, -0.25) is 9.59 Å². The molecule has 1 aliphatic rings. The second-order valence-electron chi connectivity index (χ2n) is 3.62. The van der Waals surface area contributed by atoms with Crippen LogP contribution in [0.4, 0.5) is 0 Å². The maximum Gasteiger partial charge on any atom is 0.343 e. The number of ether oxygens (including phenoxy) is 1. The maximum atomic E-state index is 11.7. The number of hydrogen-bond donors (Lipinski definition) is 0. The third-order valence-corrected chi connectivity index (χ3v) is 2.45. The Kier molecular flexibility index (Phi) is 4.63. The Balaban J connectivity index is 2.79. The van der Waals surface area contributed by atoms with Crippen LogP contribution >= 0.6 is 0 Å². The summed E-state index contributed by atoms with van der Waals surface area (Å²) in [6.07, 6.45) is 3.98. The van der Waals surface area contributed by atoms with E-state index in [-0.39, 0.29) is 23.7 Å². The molecule has 17 heavy (non-hydrogen) atoms. The highest BCUT2D eigenvalue weighted by Gasteiger charge is 2.26. The molecule has 0 fully saturated rings. The minimum absolute atomic E-state index is 0.0642. The lowest BCUT2D eigenvalue weighted by Crippen LogP contribution is -2.34. The first kappa shape index (κ1) is 13.2. The van der Waals surface area contributed by atoms with Gasteiger partial charge in [0.25, 0.3) is 0 Å². The van der Waals surface area contributed by atoms with Crippen molar-refractivity contribution in [1.82, 2.24) is 4.90 Å². The summed E-state index contributed by atoms with van der Waals surface area (Å²) in [5.41, 5.74) is -0.0642. The van der Waals surface area contributed by atoms with Gasteiger partial charge in [-0.05, 0) is 6.42 Å². The van der Waals surface area contributed by atoms with E-state index in [1.165, 1.54) is 18.2 Å². The molecule has 0 N–H and O–H groups in total. The number of esters is 1. The van der Waals surface area contributed by atoms with Crippen molar-refractivity contribution >= 4 is 17.7 Å². The van der Waals surface area contributed by atoms with Crippen molar-refractivity contribution in [2.45, 2.75) is 19.3 Å². The smallest absolute Gasteiger partial charge is 0.343 e. The van der Waals surface area contributed by atoms with Gasteiger partial charge in [-0.15, -0.1) is 6.58 Å². The Labute approximate surface area is 99.7 Å². The predicted octanol–water partition coefficient (Wildman–Crippen LogP) is 0.811.